The Morgan fingerprint density at radius 3 is 2.20 bits per heavy atom. The molecule has 0 unspecified atom stereocenters. The summed E-state index contributed by atoms with van der Waals surface area (Å²) in [4.78, 5) is 0. The highest BCUT2D eigenvalue weighted by atomic mass is 35.5. The third-order valence-corrected chi connectivity index (χ3v) is 1.88. The minimum atomic E-state index is -1.24. The van der Waals surface area contributed by atoms with Gasteiger partial charge in [-0.05, 0) is 26.8 Å². The molecule has 0 bridgehead atoms. The van der Waals surface area contributed by atoms with Gasteiger partial charge in [-0.1, -0.05) is 18.2 Å². The molecular weight excluding hydrogens is 220 g/mol. The van der Waals surface area contributed by atoms with Crippen LogP contribution in [0.4, 0.5) is 8.78 Å². The minimum Gasteiger partial charge on any atom is -0.212 e. The quantitative estimate of drug-likeness (QED) is 0.661. The summed E-state index contributed by atoms with van der Waals surface area (Å²) in [7, 11) is 0. The first-order valence-corrected chi connectivity index (χ1v) is 4.60. The first-order chi connectivity index (χ1) is 6.72. The zero-order valence-electron chi connectivity index (χ0n) is 8.87. The van der Waals surface area contributed by atoms with Crippen LogP contribution in [-0.2, 0) is 0 Å². The molecule has 0 aliphatic heterocycles. The van der Waals surface area contributed by atoms with Crippen LogP contribution in [0.25, 0.3) is 0 Å². The number of hydrogen-bond donors (Lipinski definition) is 0. The lowest BCUT2D eigenvalue weighted by molar-refractivity contribution is 0.498. The fourth-order valence-corrected chi connectivity index (χ4v) is 1.26. The Labute approximate surface area is 93.3 Å². The SMILES string of the molecule is C=C(Cl)/C=C(F)\C(=C(/C)F)C(C)(C)C#N. The summed E-state index contributed by atoms with van der Waals surface area (Å²) in [6.07, 6.45) is 0.888. The number of nitriles is 1. The van der Waals surface area contributed by atoms with Crippen molar-refractivity contribution in [2.24, 2.45) is 5.41 Å². The number of rotatable bonds is 3. The van der Waals surface area contributed by atoms with Gasteiger partial charge in [-0.3, -0.25) is 0 Å². The molecule has 0 radical (unpaired) electrons. The summed E-state index contributed by atoms with van der Waals surface area (Å²) < 4.78 is 26.6. The van der Waals surface area contributed by atoms with E-state index in [9.17, 15) is 8.78 Å². The fraction of sp³-hybridized carbons (Fsp3) is 0.364. The molecule has 0 atom stereocenters. The zero-order valence-corrected chi connectivity index (χ0v) is 9.62. The maximum absolute atomic E-state index is 13.5. The Kier molecular flexibility index (Phi) is 4.70. The van der Waals surface area contributed by atoms with E-state index in [1.165, 1.54) is 13.8 Å². The Morgan fingerprint density at radius 1 is 1.47 bits per heavy atom. The summed E-state index contributed by atoms with van der Waals surface area (Å²) in [5.41, 5.74) is -1.54. The fourth-order valence-electron chi connectivity index (χ4n) is 1.16. The van der Waals surface area contributed by atoms with Crippen LogP contribution < -0.4 is 0 Å². The Hall–Kier alpha value is -1.14. The summed E-state index contributed by atoms with van der Waals surface area (Å²) >= 11 is 5.38. The average Bonchev–Trinajstić information content (AvgIpc) is 2.01. The number of hydrogen-bond acceptors (Lipinski definition) is 1. The molecule has 0 amide bonds. The van der Waals surface area contributed by atoms with Crippen LogP contribution in [-0.4, -0.2) is 0 Å². The Morgan fingerprint density at radius 2 is 1.93 bits per heavy atom. The van der Waals surface area contributed by atoms with Crippen LogP contribution in [0.2, 0.25) is 0 Å². The molecule has 0 N–H and O–H groups in total. The van der Waals surface area contributed by atoms with E-state index in [4.69, 9.17) is 16.9 Å². The molecule has 4 heteroatoms. The van der Waals surface area contributed by atoms with Crippen molar-refractivity contribution in [1.29, 1.82) is 5.26 Å². The van der Waals surface area contributed by atoms with Crippen molar-refractivity contribution < 1.29 is 8.78 Å². The first-order valence-electron chi connectivity index (χ1n) is 4.22. The van der Waals surface area contributed by atoms with Crippen LogP contribution in [0.15, 0.2) is 34.9 Å². The van der Waals surface area contributed by atoms with Gasteiger partial charge in [0.2, 0.25) is 0 Å². The standard InChI is InChI=1S/C11H12ClF2N/c1-7(12)5-9(14)10(8(2)13)11(3,4)6-15/h5H,1H2,2-4H3/b9-5+,10-8-. The number of nitrogens with zero attached hydrogens (tertiary/aromatic N) is 1. The third kappa shape index (κ3) is 3.85. The van der Waals surface area contributed by atoms with Gasteiger partial charge in [0.25, 0.3) is 0 Å². The maximum Gasteiger partial charge on any atom is 0.132 e. The molecule has 0 rings (SSSR count). The zero-order chi connectivity index (χ0) is 12.2. The predicted molar refractivity (Wildman–Crippen MR) is 57.4 cm³/mol. The first kappa shape index (κ1) is 13.9. The minimum absolute atomic E-state index is 0.0556. The third-order valence-electron chi connectivity index (χ3n) is 1.77. The summed E-state index contributed by atoms with van der Waals surface area (Å²) in [5, 5.41) is 8.74. The molecule has 0 heterocycles. The van der Waals surface area contributed by atoms with Gasteiger partial charge in [0, 0.05) is 10.6 Å². The van der Waals surface area contributed by atoms with Gasteiger partial charge in [0.15, 0.2) is 0 Å². The van der Waals surface area contributed by atoms with Crippen LogP contribution in [0.5, 0.6) is 0 Å². The highest BCUT2D eigenvalue weighted by Gasteiger charge is 2.29. The van der Waals surface area contributed by atoms with E-state index < -0.39 is 17.1 Å². The van der Waals surface area contributed by atoms with Crippen molar-refractivity contribution in [3.8, 4) is 6.07 Å². The molecule has 0 fully saturated rings. The van der Waals surface area contributed by atoms with E-state index in [-0.39, 0.29) is 10.6 Å². The smallest absolute Gasteiger partial charge is 0.132 e. The molecule has 0 aromatic heterocycles. The van der Waals surface area contributed by atoms with Gasteiger partial charge < -0.3 is 0 Å². The largest absolute Gasteiger partial charge is 0.212 e. The maximum atomic E-state index is 13.5. The second kappa shape index (κ2) is 5.09. The molecule has 0 aliphatic carbocycles. The summed E-state index contributed by atoms with van der Waals surface area (Å²) in [6, 6.07) is 1.83. The van der Waals surface area contributed by atoms with Crippen LogP contribution in [0.1, 0.15) is 20.8 Å². The van der Waals surface area contributed by atoms with Gasteiger partial charge in [0.05, 0.1) is 11.5 Å². The molecule has 0 spiro atoms. The topological polar surface area (TPSA) is 23.8 Å². The van der Waals surface area contributed by atoms with E-state index >= 15 is 0 Å². The van der Waals surface area contributed by atoms with Crippen molar-refractivity contribution in [2.45, 2.75) is 20.8 Å². The monoisotopic (exact) mass is 231 g/mol. The molecule has 1 nitrogen and oxygen atoms in total. The average molecular weight is 232 g/mol. The lowest BCUT2D eigenvalue weighted by Gasteiger charge is -2.18. The second-order valence-corrected chi connectivity index (χ2v) is 4.07. The highest BCUT2D eigenvalue weighted by Crippen LogP contribution is 2.35. The molecule has 82 valence electrons. The van der Waals surface area contributed by atoms with Crippen molar-refractivity contribution in [1.82, 2.24) is 0 Å². The van der Waals surface area contributed by atoms with Crippen LogP contribution in [0, 0.1) is 16.7 Å². The van der Waals surface area contributed by atoms with E-state index in [1.54, 1.807) is 0 Å². The molecule has 0 aromatic rings. The van der Waals surface area contributed by atoms with Crippen molar-refractivity contribution in [3.63, 3.8) is 0 Å². The van der Waals surface area contributed by atoms with Gasteiger partial charge in [-0.2, -0.15) is 5.26 Å². The molecular formula is C11H12ClF2N. The van der Waals surface area contributed by atoms with Crippen LogP contribution in [0.3, 0.4) is 0 Å². The van der Waals surface area contributed by atoms with Gasteiger partial charge >= 0.3 is 0 Å². The Balaban J connectivity index is 5.52. The predicted octanol–water partition coefficient (Wildman–Crippen LogP) is 4.39. The summed E-state index contributed by atoms with van der Waals surface area (Å²) in [5.74, 6) is -1.62. The van der Waals surface area contributed by atoms with Crippen molar-refractivity contribution in [3.05, 3.63) is 34.9 Å². The van der Waals surface area contributed by atoms with E-state index in [0.29, 0.717) is 0 Å². The highest BCUT2D eigenvalue weighted by molar-refractivity contribution is 6.30. The van der Waals surface area contributed by atoms with Crippen molar-refractivity contribution >= 4 is 11.6 Å². The lowest BCUT2D eigenvalue weighted by atomic mass is 9.84. The Bertz CT molecular complexity index is 369. The van der Waals surface area contributed by atoms with E-state index in [1.807, 2.05) is 6.07 Å². The number of allylic oxidation sites excluding steroid dienone is 5. The summed E-state index contributed by atoms with van der Waals surface area (Å²) in [6.45, 7) is 7.21. The van der Waals surface area contributed by atoms with E-state index in [0.717, 1.165) is 13.0 Å². The molecule has 0 saturated heterocycles. The number of halogens is 3. The second-order valence-electron chi connectivity index (χ2n) is 3.58. The van der Waals surface area contributed by atoms with Crippen LogP contribution >= 0.6 is 11.6 Å². The van der Waals surface area contributed by atoms with E-state index in [2.05, 4.69) is 6.58 Å². The lowest BCUT2D eigenvalue weighted by Crippen LogP contribution is -2.13. The molecule has 0 aromatic carbocycles. The van der Waals surface area contributed by atoms with Gasteiger partial charge in [-0.15, -0.1) is 0 Å². The van der Waals surface area contributed by atoms with Crippen molar-refractivity contribution in [2.75, 3.05) is 0 Å². The van der Waals surface area contributed by atoms with Gasteiger partial charge in [0.1, 0.15) is 11.7 Å². The normalized spacial score (nSPS) is 14.3. The molecule has 15 heavy (non-hydrogen) atoms. The molecule has 0 saturated carbocycles. The van der Waals surface area contributed by atoms with Gasteiger partial charge in [-0.25, -0.2) is 8.78 Å². The molecule has 0 aliphatic rings.